The highest BCUT2D eigenvalue weighted by molar-refractivity contribution is 7.99. The summed E-state index contributed by atoms with van der Waals surface area (Å²) in [5, 5.41) is 21.8. The molecule has 3 rings (SSSR count). The number of benzene rings is 2. The standard InChI is InChI=1S/C23H25N5O6S/c1-4-28-22(15-9-10-18(32-2)19(11-15)33-3)26-27-23(28)35-14-20(29)25-24-12-16-7-5-6-8-17(16)34-13-21(30)31/h5-12H,4,13-14H2,1-3H3,(H,25,29)(H,30,31)/b24-12+. The van der Waals surface area contributed by atoms with Gasteiger partial charge in [-0.25, -0.2) is 10.2 Å². The number of carboxylic acids is 1. The zero-order valence-corrected chi connectivity index (χ0v) is 20.2. The molecule has 1 amide bonds. The van der Waals surface area contributed by atoms with Crippen LogP contribution in [0.15, 0.2) is 52.7 Å². The van der Waals surface area contributed by atoms with Gasteiger partial charge in [-0.15, -0.1) is 10.2 Å². The number of hydrogen-bond donors (Lipinski definition) is 2. The number of carbonyl (C=O) groups is 2. The van der Waals surface area contributed by atoms with Crippen LogP contribution in [0.3, 0.4) is 0 Å². The quantitative estimate of drug-likeness (QED) is 0.219. The maximum atomic E-state index is 12.3. The second-order valence-electron chi connectivity index (χ2n) is 6.92. The van der Waals surface area contributed by atoms with Gasteiger partial charge in [0.25, 0.3) is 5.91 Å². The molecule has 0 aliphatic heterocycles. The van der Waals surface area contributed by atoms with E-state index in [2.05, 4.69) is 20.7 Å². The molecule has 0 spiro atoms. The molecule has 0 atom stereocenters. The number of carboxylic acid groups (broad SMARTS) is 1. The topological polar surface area (TPSA) is 137 Å². The summed E-state index contributed by atoms with van der Waals surface area (Å²) in [5.41, 5.74) is 3.79. The lowest BCUT2D eigenvalue weighted by Crippen LogP contribution is -2.20. The summed E-state index contributed by atoms with van der Waals surface area (Å²) in [6, 6.07) is 12.3. The minimum absolute atomic E-state index is 0.0680. The van der Waals surface area contributed by atoms with Crippen LogP contribution in [0.1, 0.15) is 12.5 Å². The van der Waals surface area contributed by atoms with Crippen molar-refractivity contribution in [2.75, 3.05) is 26.6 Å². The minimum atomic E-state index is -1.09. The second kappa shape index (κ2) is 12.4. The van der Waals surface area contributed by atoms with Gasteiger partial charge in [0.1, 0.15) is 5.75 Å². The van der Waals surface area contributed by atoms with E-state index in [0.717, 1.165) is 5.56 Å². The number of ether oxygens (including phenoxy) is 3. The van der Waals surface area contributed by atoms with Gasteiger partial charge in [-0.05, 0) is 37.3 Å². The van der Waals surface area contributed by atoms with E-state index in [-0.39, 0.29) is 11.7 Å². The Labute approximate surface area is 206 Å². The predicted molar refractivity (Wildman–Crippen MR) is 130 cm³/mol. The number of hydrazone groups is 1. The van der Waals surface area contributed by atoms with Crippen LogP contribution >= 0.6 is 11.8 Å². The molecule has 11 nitrogen and oxygen atoms in total. The third kappa shape index (κ3) is 6.73. The molecule has 35 heavy (non-hydrogen) atoms. The van der Waals surface area contributed by atoms with Crippen LogP contribution in [0.5, 0.6) is 17.2 Å². The summed E-state index contributed by atoms with van der Waals surface area (Å²) in [6.45, 7) is 2.09. The molecule has 0 fully saturated rings. The van der Waals surface area contributed by atoms with Crippen molar-refractivity contribution >= 4 is 29.9 Å². The van der Waals surface area contributed by atoms with Crippen LogP contribution < -0.4 is 19.6 Å². The second-order valence-corrected chi connectivity index (χ2v) is 7.86. The molecule has 0 bridgehead atoms. The predicted octanol–water partition coefficient (Wildman–Crippen LogP) is 2.69. The number of amides is 1. The zero-order chi connectivity index (χ0) is 25.2. The van der Waals surface area contributed by atoms with Gasteiger partial charge in [-0.1, -0.05) is 23.9 Å². The first-order chi connectivity index (χ1) is 17.0. The third-order valence-corrected chi connectivity index (χ3v) is 5.64. The van der Waals surface area contributed by atoms with Crippen LogP contribution in [0.25, 0.3) is 11.4 Å². The molecule has 2 aromatic carbocycles. The van der Waals surface area contributed by atoms with Gasteiger partial charge < -0.3 is 23.9 Å². The maximum Gasteiger partial charge on any atom is 0.341 e. The normalized spacial score (nSPS) is 10.8. The highest BCUT2D eigenvalue weighted by Gasteiger charge is 2.16. The van der Waals surface area contributed by atoms with Crippen LogP contribution in [-0.2, 0) is 16.1 Å². The monoisotopic (exact) mass is 499 g/mol. The Morgan fingerprint density at radius 2 is 1.89 bits per heavy atom. The molecule has 184 valence electrons. The molecule has 2 N–H and O–H groups in total. The van der Waals surface area contributed by atoms with Crippen molar-refractivity contribution in [2.24, 2.45) is 5.10 Å². The zero-order valence-electron chi connectivity index (χ0n) is 19.4. The van der Waals surface area contributed by atoms with Crippen molar-refractivity contribution in [3.8, 4) is 28.6 Å². The summed E-state index contributed by atoms with van der Waals surface area (Å²) in [6.07, 6.45) is 1.39. The van der Waals surface area contributed by atoms with E-state index in [0.29, 0.717) is 40.3 Å². The molecule has 0 unspecified atom stereocenters. The molecule has 1 heterocycles. The Balaban J connectivity index is 1.62. The van der Waals surface area contributed by atoms with Gasteiger partial charge in [-0.3, -0.25) is 4.79 Å². The molecule has 12 heteroatoms. The number of para-hydroxylation sites is 1. The van der Waals surface area contributed by atoms with E-state index in [1.165, 1.54) is 18.0 Å². The van der Waals surface area contributed by atoms with Gasteiger partial charge in [0.15, 0.2) is 29.1 Å². The van der Waals surface area contributed by atoms with E-state index in [9.17, 15) is 9.59 Å². The number of nitrogens with one attached hydrogen (secondary N) is 1. The third-order valence-electron chi connectivity index (χ3n) is 4.67. The van der Waals surface area contributed by atoms with Crippen molar-refractivity contribution < 1.29 is 28.9 Å². The lowest BCUT2D eigenvalue weighted by molar-refractivity contribution is -0.139. The summed E-state index contributed by atoms with van der Waals surface area (Å²) in [5.74, 6) is 0.829. The van der Waals surface area contributed by atoms with Crippen molar-refractivity contribution in [1.82, 2.24) is 20.2 Å². The fourth-order valence-corrected chi connectivity index (χ4v) is 3.86. The van der Waals surface area contributed by atoms with Crippen LogP contribution in [-0.4, -0.2) is 64.5 Å². The summed E-state index contributed by atoms with van der Waals surface area (Å²) < 4.78 is 17.8. The number of aromatic nitrogens is 3. The average molecular weight is 500 g/mol. The van der Waals surface area contributed by atoms with Crippen molar-refractivity contribution in [3.63, 3.8) is 0 Å². The van der Waals surface area contributed by atoms with Gasteiger partial charge in [0.2, 0.25) is 0 Å². The molecule has 0 aliphatic carbocycles. The van der Waals surface area contributed by atoms with Gasteiger partial charge in [0.05, 0.1) is 26.2 Å². The van der Waals surface area contributed by atoms with E-state index >= 15 is 0 Å². The Kier molecular flexibility index (Phi) is 9.07. The van der Waals surface area contributed by atoms with E-state index < -0.39 is 12.6 Å². The Morgan fingerprint density at radius 3 is 2.60 bits per heavy atom. The first kappa shape index (κ1) is 25.6. The van der Waals surface area contributed by atoms with Crippen LogP contribution in [0, 0.1) is 0 Å². The number of thioether (sulfide) groups is 1. The lowest BCUT2D eigenvalue weighted by Gasteiger charge is -2.10. The molecule has 1 aromatic heterocycles. The molecule has 0 saturated heterocycles. The number of hydrogen-bond acceptors (Lipinski definition) is 9. The smallest absolute Gasteiger partial charge is 0.341 e. The SMILES string of the molecule is CCn1c(SCC(=O)N/N=C/c2ccccc2OCC(=O)O)nnc1-c1ccc(OC)c(OC)c1. The Morgan fingerprint density at radius 1 is 1.11 bits per heavy atom. The molecule has 0 aliphatic rings. The fraction of sp³-hybridized carbons (Fsp3) is 0.261. The van der Waals surface area contributed by atoms with E-state index in [4.69, 9.17) is 19.3 Å². The van der Waals surface area contributed by atoms with Crippen molar-refractivity contribution in [1.29, 1.82) is 0 Å². The van der Waals surface area contributed by atoms with E-state index in [1.54, 1.807) is 44.6 Å². The number of methoxy groups -OCH3 is 2. The average Bonchev–Trinajstić information content (AvgIpc) is 3.29. The van der Waals surface area contributed by atoms with Crippen molar-refractivity contribution in [3.05, 3.63) is 48.0 Å². The number of rotatable bonds is 12. The number of aliphatic carboxylic acids is 1. The first-order valence-corrected chi connectivity index (χ1v) is 11.5. The molecule has 0 saturated carbocycles. The number of carbonyl (C=O) groups excluding carboxylic acids is 1. The molecule has 3 aromatic rings. The largest absolute Gasteiger partial charge is 0.493 e. The van der Waals surface area contributed by atoms with E-state index in [1.807, 2.05) is 23.6 Å². The van der Waals surface area contributed by atoms with Gasteiger partial charge in [-0.2, -0.15) is 5.10 Å². The highest BCUT2D eigenvalue weighted by atomic mass is 32.2. The molecular weight excluding hydrogens is 474 g/mol. The summed E-state index contributed by atoms with van der Waals surface area (Å²) >= 11 is 1.23. The fourth-order valence-electron chi connectivity index (χ4n) is 3.06. The van der Waals surface area contributed by atoms with Crippen LogP contribution in [0.2, 0.25) is 0 Å². The Hall–Kier alpha value is -4.06. The van der Waals surface area contributed by atoms with Gasteiger partial charge in [0, 0.05) is 17.7 Å². The maximum absolute atomic E-state index is 12.3. The first-order valence-electron chi connectivity index (χ1n) is 10.5. The molecule has 0 radical (unpaired) electrons. The lowest BCUT2D eigenvalue weighted by atomic mass is 10.2. The highest BCUT2D eigenvalue weighted by Crippen LogP contribution is 2.32. The summed E-state index contributed by atoms with van der Waals surface area (Å²) in [7, 11) is 3.14. The number of nitrogens with zero attached hydrogens (tertiary/aromatic N) is 4. The van der Waals surface area contributed by atoms with Crippen LogP contribution in [0.4, 0.5) is 0 Å². The van der Waals surface area contributed by atoms with Gasteiger partial charge >= 0.3 is 5.97 Å². The summed E-state index contributed by atoms with van der Waals surface area (Å²) in [4.78, 5) is 23.0. The Bertz CT molecular complexity index is 1210. The van der Waals surface area contributed by atoms with Crippen molar-refractivity contribution in [2.45, 2.75) is 18.6 Å². The minimum Gasteiger partial charge on any atom is -0.493 e. The molecular formula is C23H25N5O6S.